The van der Waals surface area contributed by atoms with Crippen LogP contribution in [0.25, 0.3) is 0 Å². The van der Waals surface area contributed by atoms with Crippen molar-refractivity contribution in [3.63, 3.8) is 0 Å². The van der Waals surface area contributed by atoms with Crippen LogP contribution in [-0.2, 0) is 0 Å². The molecule has 1 unspecified atom stereocenters. The maximum absolute atomic E-state index is 10.5. The molecule has 0 aromatic heterocycles. The van der Waals surface area contributed by atoms with E-state index in [1.807, 2.05) is 0 Å². The summed E-state index contributed by atoms with van der Waals surface area (Å²) in [5.41, 5.74) is 0.947. The Hall–Kier alpha value is -0.0400. The summed E-state index contributed by atoms with van der Waals surface area (Å²) in [6.07, 6.45) is 12.7. The minimum Gasteiger partial charge on any atom is -0.393 e. The third-order valence-corrected chi connectivity index (χ3v) is 9.52. The summed E-state index contributed by atoms with van der Waals surface area (Å²) in [6, 6.07) is 0. The van der Waals surface area contributed by atoms with Crippen molar-refractivity contribution in [1.29, 1.82) is 0 Å². The molecule has 0 amide bonds. The molecule has 0 bridgehead atoms. The first kappa shape index (κ1) is 13.4. The molecule has 0 heterocycles. The molecule has 5 rings (SSSR count). The van der Waals surface area contributed by atoms with Crippen molar-refractivity contribution in [3.8, 4) is 0 Å². The SMILES string of the molecule is C[C@]12CC[C@H]3[C@@H](CCC4CC[C@@H]5C[C@@H]5[C@@]43C)[C@@H]1CC[C@@H]2O. The first-order valence-corrected chi connectivity index (χ1v) is 9.73. The Morgan fingerprint density at radius 1 is 0.810 bits per heavy atom. The molecule has 5 fully saturated rings. The fourth-order valence-corrected chi connectivity index (χ4v) is 8.22. The smallest absolute Gasteiger partial charge is 0.0596 e. The van der Waals surface area contributed by atoms with Gasteiger partial charge < -0.3 is 5.11 Å². The van der Waals surface area contributed by atoms with Crippen molar-refractivity contribution in [2.24, 2.45) is 46.3 Å². The first-order valence-electron chi connectivity index (χ1n) is 9.73. The maximum atomic E-state index is 10.5. The quantitative estimate of drug-likeness (QED) is 0.688. The van der Waals surface area contributed by atoms with Crippen molar-refractivity contribution in [2.45, 2.75) is 77.7 Å². The minimum atomic E-state index is -0.00555. The van der Waals surface area contributed by atoms with Crippen molar-refractivity contribution >= 4 is 0 Å². The fraction of sp³-hybridized carbons (Fsp3) is 1.00. The summed E-state index contributed by atoms with van der Waals surface area (Å²) in [7, 11) is 0. The van der Waals surface area contributed by atoms with Crippen LogP contribution in [0.2, 0.25) is 0 Å². The maximum Gasteiger partial charge on any atom is 0.0596 e. The summed E-state index contributed by atoms with van der Waals surface area (Å²) >= 11 is 0. The molecule has 0 radical (unpaired) electrons. The van der Waals surface area contributed by atoms with E-state index in [2.05, 4.69) is 13.8 Å². The zero-order valence-corrected chi connectivity index (χ0v) is 13.9. The summed E-state index contributed by atoms with van der Waals surface area (Å²) in [5, 5.41) is 10.5. The van der Waals surface area contributed by atoms with Gasteiger partial charge in [0.2, 0.25) is 0 Å². The van der Waals surface area contributed by atoms with Gasteiger partial charge in [0.25, 0.3) is 0 Å². The van der Waals surface area contributed by atoms with Crippen LogP contribution in [0, 0.1) is 46.3 Å². The minimum absolute atomic E-state index is 0.00555. The molecule has 0 spiro atoms. The van der Waals surface area contributed by atoms with Crippen LogP contribution in [0.3, 0.4) is 0 Å². The van der Waals surface area contributed by atoms with Crippen molar-refractivity contribution in [3.05, 3.63) is 0 Å². The van der Waals surface area contributed by atoms with Gasteiger partial charge in [0, 0.05) is 0 Å². The second kappa shape index (κ2) is 4.08. The largest absolute Gasteiger partial charge is 0.393 e. The van der Waals surface area contributed by atoms with E-state index in [0.29, 0.717) is 5.41 Å². The molecular formula is C20H32O. The molecule has 5 aliphatic rings. The Balaban J connectivity index is 1.50. The Kier molecular flexibility index (Phi) is 2.60. The van der Waals surface area contributed by atoms with Crippen LogP contribution >= 0.6 is 0 Å². The van der Waals surface area contributed by atoms with Gasteiger partial charge in [-0.05, 0) is 104 Å². The van der Waals surface area contributed by atoms with E-state index in [0.717, 1.165) is 41.9 Å². The summed E-state index contributed by atoms with van der Waals surface area (Å²) in [5.74, 6) is 6.00. The van der Waals surface area contributed by atoms with Gasteiger partial charge in [-0.2, -0.15) is 0 Å². The van der Waals surface area contributed by atoms with Crippen LogP contribution < -0.4 is 0 Å². The van der Waals surface area contributed by atoms with Gasteiger partial charge in [-0.15, -0.1) is 0 Å². The number of aliphatic hydroxyl groups excluding tert-OH is 1. The van der Waals surface area contributed by atoms with Crippen molar-refractivity contribution in [2.75, 3.05) is 0 Å². The Labute approximate surface area is 129 Å². The molecule has 5 aliphatic carbocycles. The fourth-order valence-electron chi connectivity index (χ4n) is 8.22. The molecule has 1 N–H and O–H groups in total. The molecule has 118 valence electrons. The number of aliphatic hydroxyl groups is 1. The Bertz CT molecular complexity index is 459. The number of fused-ring (bicyclic) bond motifs is 7. The Morgan fingerprint density at radius 3 is 2.48 bits per heavy atom. The van der Waals surface area contributed by atoms with Gasteiger partial charge in [0.05, 0.1) is 6.10 Å². The third-order valence-electron chi connectivity index (χ3n) is 9.52. The number of rotatable bonds is 0. The van der Waals surface area contributed by atoms with E-state index >= 15 is 0 Å². The Morgan fingerprint density at radius 2 is 1.62 bits per heavy atom. The van der Waals surface area contributed by atoms with Crippen LogP contribution in [-0.4, -0.2) is 11.2 Å². The molecule has 9 atom stereocenters. The molecule has 1 heteroatoms. The molecule has 1 nitrogen and oxygen atoms in total. The van der Waals surface area contributed by atoms with Gasteiger partial charge in [-0.3, -0.25) is 0 Å². The van der Waals surface area contributed by atoms with Crippen molar-refractivity contribution in [1.82, 2.24) is 0 Å². The lowest BCUT2D eigenvalue weighted by molar-refractivity contribution is -0.127. The lowest BCUT2D eigenvalue weighted by Gasteiger charge is -2.60. The summed E-state index contributed by atoms with van der Waals surface area (Å²) in [4.78, 5) is 0. The van der Waals surface area contributed by atoms with E-state index in [9.17, 15) is 5.11 Å². The molecule has 5 saturated carbocycles. The average molecular weight is 288 g/mol. The van der Waals surface area contributed by atoms with E-state index < -0.39 is 0 Å². The second-order valence-corrected chi connectivity index (χ2v) is 9.83. The van der Waals surface area contributed by atoms with Crippen LogP contribution in [0.15, 0.2) is 0 Å². The number of hydrogen-bond donors (Lipinski definition) is 1. The average Bonchev–Trinajstić information content (AvgIpc) is 3.20. The van der Waals surface area contributed by atoms with Gasteiger partial charge >= 0.3 is 0 Å². The summed E-state index contributed by atoms with van der Waals surface area (Å²) < 4.78 is 0. The van der Waals surface area contributed by atoms with Crippen LogP contribution in [0.5, 0.6) is 0 Å². The lowest BCUT2D eigenvalue weighted by atomic mass is 9.45. The topological polar surface area (TPSA) is 20.2 Å². The van der Waals surface area contributed by atoms with Gasteiger partial charge in [-0.1, -0.05) is 13.8 Å². The predicted octanol–water partition coefficient (Wildman–Crippen LogP) is 4.64. The van der Waals surface area contributed by atoms with Gasteiger partial charge in [0.1, 0.15) is 0 Å². The molecule has 0 aromatic rings. The monoisotopic (exact) mass is 288 g/mol. The highest BCUT2D eigenvalue weighted by atomic mass is 16.3. The third kappa shape index (κ3) is 1.53. The van der Waals surface area contributed by atoms with E-state index in [-0.39, 0.29) is 11.5 Å². The molecule has 0 aliphatic heterocycles. The molecule has 0 aromatic carbocycles. The zero-order chi connectivity index (χ0) is 14.4. The molecular weight excluding hydrogens is 256 g/mol. The van der Waals surface area contributed by atoms with E-state index in [4.69, 9.17) is 0 Å². The normalized spacial score (nSPS) is 65.0. The van der Waals surface area contributed by atoms with Gasteiger partial charge in [0.15, 0.2) is 0 Å². The van der Waals surface area contributed by atoms with Gasteiger partial charge in [-0.25, -0.2) is 0 Å². The predicted molar refractivity (Wildman–Crippen MR) is 84.7 cm³/mol. The zero-order valence-electron chi connectivity index (χ0n) is 13.9. The lowest BCUT2D eigenvalue weighted by Crippen LogP contribution is -2.54. The molecule has 0 saturated heterocycles. The highest BCUT2D eigenvalue weighted by Gasteiger charge is 2.65. The standard InChI is InChI=1S/C20H32O/c1-19-10-9-16-14(15(19)7-8-18(19)21)6-5-13-4-3-12-11-17(12)20(13,16)2/h12-18,21H,3-11H2,1-2H3/t12-,13?,14+,15+,16+,17+,18+,19+,20+/m1/s1. The second-order valence-electron chi connectivity index (χ2n) is 9.83. The number of hydrogen-bond acceptors (Lipinski definition) is 1. The van der Waals surface area contributed by atoms with Crippen molar-refractivity contribution < 1.29 is 5.11 Å². The first-order chi connectivity index (χ1) is 10.0. The highest BCUT2D eigenvalue weighted by Crippen LogP contribution is 2.72. The van der Waals surface area contributed by atoms with Crippen LogP contribution in [0.1, 0.15) is 71.6 Å². The highest BCUT2D eigenvalue weighted by molar-refractivity contribution is 5.14. The van der Waals surface area contributed by atoms with Crippen LogP contribution in [0.4, 0.5) is 0 Å². The van der Waals surface area contributed by atoms with E-state index in [1.54, 1.807) is 12.8 Å². The molecule has 21 heavy (non-hydrogen) atoms. The van der Waals surface area contributed by atoms with E-state index in [1.165, 1.54) is 38.5 Å². The summed E-state index contributed by atoms with van der Waals surface area (Å²) in [6.45, 7) is 5.12.